The molecule has 0 saturated carbocycles. The Balaban J connectivity index is 1.85. The molecule has 0 fully saturated rings. The highest BCUT2D eigenvalue weighted by molar-refractivity contribution is 6.02. The van der Waals surface area contributed by atoms with Crippen molar-refractivity contribution in [3.8, 4) is 0 Å². The first kappa shape index (κ1) is 23.5. The first-order valence-electron chi connectivity index (χ1n) is 11.0. The van der Waals surface area contributed by atoms with E-state index in [1.807, 2.05) is 68.1 Å². The lowest BCUT2D eigenvalue weighted by Crippen LogP contribution is -2.47. The zero-order valence-corrected chi connectivity index (χ0v) is 19.4. The topological polar surface area (TPSA) is 79.2 Å². The molecule has 2 aromatic rings. The second-order valence-corrected chi connectivity index (χ2v) is 8.07. The molecule has 0 bridgehead atoms. The smallest absolute Gasteiger partial charge is 0.317 e. The van der Waals surface area contributed by atoms with E-state index in [4.69, 9.17) is 9.84 Å². The number of carbonyl (C=O) groups is 2. The molecule has 1 aromatic carbocycles. The van der Waals surface area contributed by atoms with Gasteiger partial charge < -0.3 is 19.5 Å². The molecule has 0 unspecified atom stereocenters. The van der Waals surface area contributed by atoms with E-state index in [0.29, 0.717) is 26.1 Å². The van der Waals surface area contributed by atoms with E-state index in [9.17, 15) is 9.59 Å². The molecule has 1 aliphatic rings. The Hall–Kier alpha value is -3.13. The van der Waals surface area contributed by atoms with Gasteiger partial charge in [0.15, 0.2) is 0 Å². The number of rotatable bonds is 9. The van der Waals surface area contributed by atoms with Crippen molar-refractivity contribution in [3.63, 3.8) is 0 Å². The third kappa shape index (κ3) is 5.56. The van der Waals surface area contributed by atoms with Gasteiger partial charge in [0.1, 0.15) is 6.54 Å². The van der Waals surface area contributed by atoms with Crippen LogP contribution in [0.5, 0.6) is 0 Å². The van der Waals surface area contributed by atoms with E-state index in [-0.39, 0.29) is 24.5 Å². The van der Waals surface area contributed by atoms with E-state index in [1.165, 1.54) is 4.90 Å². The summed E-state index contributed by atoms with van der Waals surface area (Å²) in [6, 6.07) is 11.7. The Kier molecular flexibility index (Phi) is 8.05. The number of hydrogen-bond donors (Lipinski definition) is 1. The van der Waals surface area contributed by atoms with Crippen LogP contribution in [0.4, 0.5) is 4.79 Å². The Morgan fingerprint density at radius 3 is 2.62 bits per heavy atom. The molecule has 1 aromatic heterocycles. The van der Waals surface area contributed by atoms with Gasteiger partial charge in [0.2, 0.25) is 0 Å². The molecule has 1 N–H and O–H groups in total. The normalized spacial score (nSPS) is 15.6. The number of amides is 3. The average molecular weight is 440 g/mol. The summed E-state index contributed by atoms with van der Waals surface area (Å²) in [4.78, 5) is 27.5. The summed E-state index contributed by atoms with van der Waals surface area (Å²) in [7, 11) is 3.54. The number of aryl methyl sites for hydroxylation is 2. The highest BCUT2D eigenvalue weighted by atomic mass is 16.5. The summed E-state index contributed by atoms with van der Waals surface area (Å²) in [6.07, 6.45) is 3.41. The number of carbonyl (C=O) groups excluding carboxylic acids is 2. The van der Waals surface area contributed by atoms with Crippen molar-refractivity contribution in [3.05, 3.63) is 59.4 Å². The van der Waals surface area contributed by atoms with Crippen LogP contribution in [0.15, 0.2) is 47.7 Å². The number of hydrazone groups is 1. The Morgan fingerprint density at radius 1 is 1.25 bits per heavy atom. The van der Waals surface area contributed by atoms with Crippen LogP contribution < -0.4 is 5.32 Å². The molecule has 1 aliphatic heterocycles. The minimum Gasteiger partial charge on any atom is -0.383 e. The van der Waals surface area contributed by atoms with Crippen LogP contribution >= 0.6 is 0 Å². The fourth-order valence-electron chi connectivity index (χ4n) is 3.74. The van der Waals surface area contributed by atoms with Crippen LogP contribution in [0.3, 0.4) is 0 Å². The standard InChI is InChI=1S/C24H33N5O3/c1-5-12-25-24(31)28(14-15-32-4)17-23(30)29-22(19-10-8-18(2)9-11-19)16-20(26-29)21-7-6-13-27(21)3/h6-11,13,22H,5,12,14-17H2,1-4H3,(H,25,31)/t22-/m1/s1. The van der Waals surface area contributed by atoms with E-state index in [2.05, 4.69) is 5.32 Å². The fraction of sp³-hybridized carbons (Fsp3) is 0.458. The number of benzene rings is 1. The van der Waals surface area contributed by atoms with E-state index >= 15 is 0 Å². The quantitative estimate of drug-likeness (QED) is 0.652. The van der Waals surface area contributed by atoms with Crippen molar-refractivity contribution in [2.75, 3.05) is 33.4 Å². The maximum absolute atomic E-state index is 13.4. The van der Waals surface area contributed by atoms with E-state index in [1.54, 1.807) is 12.1 Å². The number of urea groups is 1. The predicted octanol–water partition coefficient (Wildman–Crippen LogP) is 3.08. The fourth-order valence-corrected chi connectivity index (χ4v) is 3.74. The van der Waals surface area contributed by atoms with Crippen LogP contribution in [0.2, 0.25) is 0 Å². The predicted molar refractivity (Wildman–Crippen MR) is 124 cm³/mol. The third-order valence-electron chi connectivity index (χ3n) is 5.57. The van der Waals surface area contributed by atoms with Crippen molar-refractivity contribution in [2.24, 2.45) is 12.1 Å². The van der Waals surface area contributed by atoms with Crippen molar-refractivity contribution >= 4 is 17.6 Å². The molecule has 3 amide bonds. The van der Waals surface area contributed by atoms with Crippen molar-refractivity contribution in [1.29, 1.82) is 0 Å². The number of nitrogens with one attached hydrogen (secondary N) is 1. The van der Waals surface area contributed by atoms with Gasteiger partial charge in [-0.25, -0.2) is 9.80 Å². The maximum atomic E-state index is 13.4. The summed E-state index contributed by atoms with van der Waals surface area (Å²) in [6.45, 7) is 5.20. The van der Waals surface area contributed by atoms with Gasteiger partial charge >= 0.3 is 6.03 Å². The lowest BCUT2D eigenvalue weighted by Gasteiger charge is -2.27. The number of hydrogen-bond acceptors (Lipinski definition) is 4. The van der Waals surface area contributed by atoms with Gasteiger partial charge in [-0.3, -0.25) is 4.79 Å². The summed E-state index contributed by atoms with van der Waals surface area (Å²) >= 11 is 0. The maximum Gasteiger partial charge on any atom is 0.317 e. The lowest BCUT2D eigenvalue weighted by molar-refractivity contribution is -0.133. The van der Waals surface area contributed by atoms with Gasteiger partial charge in [0, 0.05) is 39.9 Å². The minimum absolute atomic E-state index is 0.0643. The summed E-state index contributed by atoms with van der Waals surface area (Å²) in [5, 5.41) is 9.10. The summed E-state index contributed by atoms with van der Waals surface area (Å²) in [5.41, 5.74) is 4.02. The molecule has 8 heteroatoms. The minimum atomic E-state index is -0.269. The molecule has 172 valence electrons. The molecule has 0 saturated heterocycles. The van der Waals surface area contributed by atoms with Crippen LogP contribution in [0, 0.1) is 6.92 Å². The SMILES string of the molecule is CCCNC(=O)N(CCOC)CC(=O)N1N=C(c2cccn2C)C[C@@H]1c1ccc(C)cc1. The molecular formula is C24H33N5O3. The van der Waals surface area contributed by atoms with Gasteiger partial charge in [-0.05, 0) is 31.0 Å². The molecule has 2 heterocycles. The number of nitrogens with zero attached hydrogens (tertiary/aromatic N) is 4. The second kappa shape index (κ2) is 10.9. The summed E-state index contributed by atoms with van der Waals surface area (Å²) < 4.78 is 7.14. The van der Waals surface area contributed by atoms with Gasteiger partial charge in [-0.2, -0.15) is 5.10 Å². The van der Waals surface area contributed by atoms with Crippen LogP contribution in [-0.4, -0.2) is 65.5 Å². The Labute approximate surface area is 189 Å². The van der Waals surface area contributed by atoms with Crippen molar-refractivity contribution < 1.29 is 14.3 Å². The van der Waals surface area contributed by atoms with Crippen LogP contribution in [-0.2, 0) is 16.6 Å². The molecular weight excluding hydrogens is 406 g/mol. The van der Waals surface area contributed by atoms with Gasteiger partial charge in [-0.15, -0.1) is 0 Å². The average Bonchev–Trinajstić information content (AvgIpc) is 3.41. The number of aromatic nitrogens is 1. The molecule has 0 aliphatic carbocycles. The molecule has 1 atom stereocenters. The van der Waals surface area contributed by atoms with E-state index in [0.717, 1.165) is 29.0 Å². The molecule has 32 heavy (non-hydrogen) atoms. The van der Waals surface area contributed by atoms with Crippen LogP contribution in [0.1, 0.15) is 42.6 Å². The van der Waals surface area contributed by atoms with Gasteiger partial charge in [0.05, 0.1) is 24.1 Å². The van der Waals surface area contributed by atoms with Crippen molar-refractivity contribution in [2.45, 2.75) is 32.7 Å². The Morgan fingerprint density at radius 2 is 2.00 bits per heavy atom. The first-order valence-corrected chi connectivity index (χ1v) is 11.0. The van der Waals surface area contributed by atoms with Gasteiger partial charge in [0.25, 0.3) is 5.91 Å². The van der Waals surface area contributed by atoms with Crippen LogP contribution in [0.25, 0.3) is 0 Å². The third-order valence-corrected chi connectivity index (χ3v) is 5.57. The number of methoxy groups -OCH3 is 1. The van der Waals surface area contributed by atoms with E-state index < -0.39 is 0 Å². The largest absolute Gasteiger partial charge is 0.383 e. The molecule has 3 rings (SSSR count). The highest BCUT2D eigenvalue weighted by Crippen LogP contribution is 2.33. The molecule has 8 nitrogen and oxygen atoms in total. The summed E-state index contributed by atoms with van der Waals surface area (Å²) in [5.74, 6) is -0.220. The van der Waals surface area contributed by atoms with Gasteiger partial charge in [-0.1, -0.05) is 36.8 Å². The number of ether oxygens (including phenoxy) is 1. The zero-order valence-electron chi connectivity index (χ0n) is 19.4. The monoisotopic (exact) mass is 439 g/mol. The molecule has 0 radical (unpaired) electrons. The lowest BCUT2D eigenvalue weighted by atomic mass is 9.99. The first-order chi connectivity index (χ1) is 15.4. The zero-order chi connectivity index (χ0) is 23.1. The van der Waals surface area contributed by atoms with Crippen molar-refractivity contribution in [1.82, 2.24) is 19.8 Å². The Bertz CT molecular complexity index is 951. The highest BCUT2D eigenvalue weighted by Gasteiger charge is 2.34. The molecule has 0 spiro atoms. The second-order valence-electron chi connectivity index (χ2n) is 8.07.